The molecule has 98 valence electrons. The van der Waals surface area contributed by atoms with Crippen LogP contribution in [-0.2, 0) is 16.0 Å². The standard InChI is InChI=1S/C15H21NO2/c1-11(2)14(17)10-16-15(18)9-8-13-6-4-12(3)5-7-13/h4-7,11H,8-10H2,1-3H3,(H,16,18). The summed E-state index contributed by atoms with van der Waals surface area (Å²) in [5, 5.41) is 2.66. The van der Waals surface area contributed by atoms with Gasteiger partial charge in [-0.25, -0.2) is 0 Å². The van der Waals surface area contributed by atoms with Crippen LogP contribution in [0.3, 0.4) is 0 Å². The zero-order chi connectivity index (χ0) is 13.5. The summed E-state index contributed by atoms with van der Waals surface area (Å²) in [5.41, 5.74) is 2.36. The second-order valence-corrected chi connectivity index (χ2v) is 4.88. The lowest BCUT2D eigenvalue weighted by Gasteiger charge is -2.06. The Morgan fingerprint density at radius 1 is 1.17 bits per heavy atom. The monoisotopic (exact) mass is 247 g/mol. The van der Waals surface area contributed by atoms with E-state index in [1.165, 1.54) is 5.56 Å². The van der Waals surface area contributed by atoms with Gasteiger partial charge in [0.05, 0.1) is 6.54 Å². The van der Waals surface area contributed by atoms with Crippen LogP contribution in [0.2, 0.25) is 0 Å². The van der Waals surface area contributed by atoms with Crippen molar-refractivity contribution in [3.8, 4) is 0 Å². The van der Waals surface area contributed by atoms with E-state index in [-0.39, 0.29) is 24.2 Å². The minimum Gasteiger partial charge on any atom is -0.349 e. The molecule has 0 aromatic heterocycles. The quantitative estimate of drug-likeness (QED) is 0.838. The summed E-state index contributed by atoms with van der Waals surface area (Å²) in [7, 11) is 0. The first-order chi connectivity index (χ1) is 8.49. The SMILES string of the molecule is Cc1ccc(CCC(=O)NCC(=O)C(C)C)cc1. The number of hydrogen-bond donors (Lipinski definition) is 1. The number of aryl methyl sites for hydroxylation is 2. The molecule has 0 heterocycles. The number of carbonyl (C=O) groups is 2. The Morgan fingerprint density at radius 3 is 2.33 bits per heavy atom. The maximum absolute atomic E-state index is 11.5. The van der Waals surface area contributed by atoms with Gasteiger partial charge in [0.1, 0.15) is 0 Å². The lowest BCUT2D eigenvalue weighted by atomic mass is 10.1. The molecule has 1 aromatic rings. The largest absolute Gasteiger partial charge is 0.349 e. The van der Waals surface area contributed by atoms with Gasteiger partial charge in [0, 0.05) is 12.3 Å². The van der Waals surface area contributed by atoms with Crippen molar-refractivity contribution in [1.82, 2.24) is 5.32 Å². The second kappa shape index (κ2) is 6.94. The summed E-state index contributed by atoms with van der Waals surface area (Å²) in [6.45, 7) is 5.85. The zero-order valence-electron chi connectivity index (χ0n) is 11.3. The molecule has 0 saturated carbocycles. The van der Waals surface area contributed by atoms with Crippen LogP contribution >= 0.6 is 0 Å². The van der Waals surface area contributed by atoms with E-state index in [4.69, 9.17) is 0 Å². The van der Waals surface area contributed by atoms with E-state index >= 15 is 0 Å². The Kier molecular flexibility index (Phi) is 5.56. The van der Waals surface area contributed by atoms with Crippen LogP contribution in [0.25, 0.3) is 0 Å². The van der Waals surface area contributed by atoms with Gasteiger partial charge in [0.25, 0.3) is 0 Å². The lowest BCUT2D eigenvalue weighted by Crippen LogP contribution is -2.31. The van der Waals surface area contributed by atoms with Crippen LogP contribution in [0.1, 0.15) is 31.4 Å². The Morgan fingerprint density at radius 2 is 1.78 bits per heavy atom. The average molecular weight is 247 g/mol. The molecule has 3 nitrogen and oxygen atoms in total. The van der Waals surface area contributed by atoms with Crippen molar-refractivity contribution in [2.45, 2.75) is 33.6 Å². The molecule has 1 N–H and O–H groups in total. The molecule has 1 aromatic carbocycles. The van der Waals surface area contributed by atoms with E-state index in [2.05, 4.69) is 5.32 Å². The molecule has 0 aliphatic rings. The van der Waals surface area contributed by atoms with Gasteiger partial charge in [0.15, 0.2) is 5.78 Å². The average Bonchev–Trinajstić information content (AvgIpc) is 2.35. The molecule has 0 fully saturated rings. The van der Waals surface area contributed by atoms with Crippen molar-refractivity contribution in [2.24, 2.45) is 5.92 Å². The third-order valence-electron chi connectivity index (χ3n) is 2.87. The van der Waals surface area contributed by atoms with Crippen LogP contribution in [-0.4, -0.2) is 18.2 Å². The molecule has 0 atom stereocenters. The summed E-state index contributed by atoms with van der Waals surface area (Å²) in [4.78, 5) is 22.9. The molecule has 0 aliphatic heterocycles. The fourth-order valence-corrected chi connectivity index (χ4v) is 1.49. The maximum Gasteiger partial charge on any atom is 0.220 e. The maximum atomic E-state index is 11.5. The van der Waals surface area contributed by atoms with E-state index in [1.807, 2.05) is 45.0 Å². The second-order valence-electron chi connectivity index (χ2n) is 4.88. The summed E-state index contributed by atoms with van der Waals surface area (Å²) in [5.74, 6) is -0.0225. The highest BCUT2D eigenvalue weighted by molar-refractivity contribution is 5.87. The molecule has 0 spiro atoms. The molecule has 1 amide bonds. The first-order valence-electron chi connectivity index (χ1n) is 6.34. The number of benzene rings is 1. The van der Waals surface area contributed by atoms with Crippen LogP contribution < -0.4 is 5.32 Å². The normalized spacial score (nSPS) is 10.4. The van der Waals surface area contributed by atoms with Crippen LogP contribution in [0.5, 0.6) is 0 Å². The smallest absolute Gasteiger partial charge is 0.220 e. The predicted molar refractivity (Wildman–Crippen MR) is 72.4 cm³/mol. The highest BCUT2D eigenvalue weighted by Gasteiger charge is 2.09. The first-order valence-corrected chi connectivity index (χ1v) is 6.34. The zero-order valence-corrected chi connectivity index (χ0v) is 11.3. The van der Waals surface area contributed by atoms with Gasteiger partial charge in [-0.05, 0) is 18.9 Å². The molecule has 18 heavy (non-hydrogen) atoms. The third-order valence-corrected chi connectivity index (χ3v) is 2.87. The van der Waals surface area contributed by atoms with E-state index < -0.39 is 0 Å². The van der Waals surface area contributed by atoms with E-state index in [1.54, 1.807) is 0 Å². The molecule has 0 aliphatic carbocycles. The van der Waals surface area contributed by atoms with Crippen molar-refractivity contribution in [3.05, 3.63) is 35.4 Å². The van der Waals surface area contributed by atoms with Crippen molar-refractivity contribution in [2.75, 3.05) is 6.54 Å². The third kappa shape index (κ3) is 5.13. The number of rotatable bonds is 6. The van der Waals surface area contributed by atoms with Crippen molar-refractivity contribution < 1.29 is 9.59 Å². The van der Waals surface area contributed by atoms with Gasteiger partial charge in [0.2, 0.25) is 5.91 Å². The number of nitrogens with one attached hydrogen (secondary N) is 1. The van der Waals surface area contributed by atoms with Crippen LogP contribution in [0.15, 0.2) is 24.3 Å². The molecular weight excluding hydrogens is 226 g/mol. The number of hydrogen-bond acceptors (Lipinski definition) is 2. The Hall–Kier alpha value is -1.64. The first kappa shape index (κ1) is 14.4. The predicted octanol–water partition coefficient (Wildman–Crippen LogP) is 2.27. The molecule has 0 saturated heterocycles. The van der Waals surface area contributed by atoms with Gasteiger partial charge in [-0.1, -0.05) is 43.7 Å². The van der Waals surface area contributed by atoms with Gasteiger partial charge in [-0.15, -0.1) is 0 Å². The molecule has 0 bridgehead atoms. The highest BCUT2D eigenvalue weighted by atomic mass is 16.2. The van der Waals surface area contributed by atoms with Crippen molar-refractivity contribution in [3.63, 3.8) is 0 Å². The van der Waals surface area contributed by atoms with Gasteiger partial charge in [-0.2, -0.15) is 0 Å². The van der Waals surface area contributed by atoms with Gasteiger partial charge < -0.3 is 5.32 Å². The van der Waals surface area contributed by atoms with E-state index in [9.17, 15) is 9.59 Å². The molecule has 0 radical (unpaired) electrons. The minimum atomic E-state index is -0.0652. The number of ketones is 1. The Balaban J connectivity index is 2.29. The molecular formula is C15H21NO2. The number of amides is 1. The fraction of sp³-hybridized carbons (Fsp3) is 0.467. The highest BCUT2D eigenvalue weighted by Crippen LogP contribution is 2.05. The van der Waals surface area contributed by atoms with E-state index in [0.29, 0.717) is 12.8 Å². The van der Waals surface area contributed by atoms with Gasteiger partial charge in [-0.3, -0.25) is 9.59 Å². The molecule has 1 rings (SSSR count). The van der Waals surface area contributed by atoms with Crippen LogP contribution in [0, 0.1) is 12.8 Å². The minimum absolute atomic E-state index is 0.0256. The molecule has 0 unspecified atom stereocenters. The summed E-state index contributed by atoms with van der Waals surface area (Å²) in [6, 6.07) is 8.13. The van der Waals surface area contributed by atoms with Crippen molar-refractivity contribution >= 4 is 11.7 Å². The number of Topliss-reactive ketones (excluding diaryl/α,β-unsaturated/α-hetero) is 1. The van der Waals surface area contributed by atoms with E-state index in [0.717, 1.165) is 5.56 Å². The van der Waals surface area contributed by atoms with Gasteiger partial charge >= 0.3 is 0 Å². The van der Waals surface area contributed by atoms with Crippen molar-refractivity contribution in [1.29, 1.82) is 0 Å². The fourth-order valence-electron chi connectivity index (χ4n) is 1.49. The number of carbonyl (C=O) groups excluding carboxylic acids is 2. The lowest BCUT2D eigenvalue weighted by molar-refractivity contribution is -0.126. The molecule has 3 heteroatoms. The summed E-state index contributed by atoms with van der Waals surface area (Å²) < 4.78 is 0. The van der Waals surface area contributed by atoms with Crippen LogP contribution in [0.4, 0.5) is 0 Å². The Labute approximate surface area is 109 Å². The topological polar surface area (TPSA) is 46.2 Å². The summed E-state index contributed by atoms with van der Waals surface area (Å²) in [6.07, 6.45) is 1.14. The Bertz CT molecular complexity index is 407. The summed E-state index contributed by atoms with van der Waals surface area (Å²) >= 11 is 0.